The van der Waals surface area contributed by atoms with E-state index in [0.29, 0.717) is 30.1 Å². The topological polar surface area (TPSA) is 86.8 Å². The van der Waals surface area contributed by atoms with Crippen molar-refractivity contribution in [2.24, 2.45) is 0 Å². The smallest absolute Gasteiger partial charge is 0.242 e. The van der Waals surface area contributed by atoms with Crippen molar-refractivity contribution >= 4 is 39.1 Å². The number of benzene rings is 2. The number of anilines is 1. The summed E-state index contributed by atoms with van der Waals surface area (Å²) in [7, 11) is -3.54. The monoisotopic (exact) mass is 549 g/mol. The Kier molecular flexibility index (Phi) is 11.9. The first-order valence-corrected chi connectivity index (χ1v) is 15.1. The predicted molar refractivity (Wildman–Crippen MR) is 151 cm³/mol. The second kappa shape index (κ2) is 14.4. The van der Waals surface area contributed by atoms with Crippen LogP contribution in [-0.2, 0) is 26.2 Å². The van der Waals surface area contributed by atoms with Gasteiger partial charge in [0.25, 0.3) is 0 Å². The second-order valence-electron chi connectivity index (χ2n) is 9.50. The van der Waals surface area contributed by atoms with Crippen molar-refractivity contribution in [3.8, 4) is 0 Å². The van der Waals surface area contributed by atoms with E-state index >= 15 is 0 Å². The maximum Gasteiger partial charge on any atom is 0.242 e. The van der Waals surface area contributed by atoms with Gasteiger partial charge in [-0.05, 0) is 74.1 Å². The van der Waals surface area contributed by atoms with Gasteiger partial charge in [-0.15, -0.1) is 0 Å². The van der Waals surface area contributed by atoms with Gasteiger partial charge in [0.1, 0.15) is 6.04 Å². The number of nitrogens with zero attached hydrogens (tertiary/aromatic N) is 2. The van der Waals surface area contributed by atoms with Crippen LogP contribution in [0.2, 0.25) is 5.02 Å². The van der Waals surface area contributed by atoms with Gasteiger partial charge in [0, 0.05) is 31.1 Å². The Morgan fingerprint density at radius 2 is 1.62 bits per heavy atom. The largest absolute Gasteiger partial charge is 0.354 e. The van der Waals surface area contributed by atoms with E-state index in [1.807, 2.05) is 51.1 Å². The molecule has 0 saturated heterocycles. The summed E-state index contributed by atoms with van der Waals surface area (Å²) in [5, 5.41) is 3.55. The fraction of sp³-hybridized carbons (Fsp3) is 0.500. The quantitative estimate of drug-likeness (QED) is 0.327. The zero-order valence-electron chi connectivity index (χ0n) is 22.6. The molecule has 2 aromatic carbocycles. The number of carbonyl (C=O) groups excluding carboxylic acids is 2. The molecule has 37 heavy (non-hydrogen) atoms. The first kappa shape index (κ1) is 30.6. The van der Waals surface area contributed by atoms with Crippen LogP contribution in [-0.4, -0.2) is 50.5 Å². The molecule has 1 unspecified atom stereocenters. The van der Waals surface area contributed by atoms with Crippen LogP contribution in [0.5, 0.6) is 0 Å². The van der Waals surface area contributed by atoms with Crippen molar-refractivity contribution < 1.29 is 18.0 Å². The van der Waals surface area contributed by atoms with Gasteiger partial charge in [-0.25, -0.2) is 8.42 Å². The standard InChI is InChI=1S/C28H40ClN3O4S/c1-6-8-15-30-28(34)26(7-2)31(20-23-11-13-24(29)14-12-23)27(33)10-9-16-32(37(5,35)36)25-18-21(3)17-22(4)19-25/h11-14,17-19,26H,6-10,15-16,20H2,1-5H3,(H,30,34). The molecule has 0 spiro atoms. The molecule has 1 atom stereocenters. The van der Waals surface area contributed by atoms with E-state index in [4.69, 9.17) is 11.6 Å². The molecule has 1 N–H and O–H groups in total. The number of halogens is 1. The first-order valence-electron chi connectivity index (χ1n) is 12.8. The average Bonchev–Trinajstić information content (AvgIpc) is 2.81. The molecule has 0 aliphatic rings. The summed E-state index contributed by atoms with van der Waals surface area (Å²) >= 11 is 6.03. The van der Waals surface area contributed by atoms with Crippen molar-refractivity contribution in [2.45, 2.75) is 72.4 Å². The zero-order valence-corrected chi connectivity index (χ0v) is 24.2. The summed E-state index contributed by atoms with van der Waals surface area (Å²) in [6, 6.07) is 12.2. The highest BCUT2D eigenvalue weighted by Crippen LogP contribution is 2.23. The van der Waals surface area contributed by atoms with E-state index in [1.54, 1.807) is 17.0 Å². The molecule has 2 aromatic rings. The Morgan fingerprint density at radius 3 is 2.16 bits per heavy atom. The van der Waals surface area contributed by atoms with Crippen molar-refractivity contribution in [3.05, 3.63) is 64.2 Å². The maximum atomic E-state index is 13.5. The molecule has 0 fully saturated rings. The Bertz CT molecular complexity index is 1130. The number of aryl methyl sites for hydroxylation is 2. The van der Waals surface area contributed by atoms with Gasteiger partial charge < -0.3 is 10.2 Å². The van der Waals surface area contributed by atoms with Gasteiger partial charge in [0.05, 0.1) is 11.9 Å². The molecule has 0 bridgehead atoms. The van der Waals surface area contributed by atoms with Crippen LogP contribution in [0.25, 0.3) is 0 Å². The van der Waals surface area contributed by atoms with Crippen molar-refractivity contribution in [3.63, 3.8) is 0 Å². The number of hydrogen-bond acceptors (Lipinski definition) is 4. The molecule has 7 nitrogen and oxygen atoms in total. The molecule has 204 valence electrons. The lowest BCUT2D eigenvalue weighted by Gasteiger charge is -2.31. The Labute approximate surface area is 227 Å². The highest BCUT2D eigenvalue weighted by Gasteiger charge is 2.28. The molecule has 0 aromatic heterocycles. The minimum absolute atomic E-state index is 0.114. The third-order valence-corrected chi connectivity index (χ3v) is 7.57. The van der Waals surface area contributed by atoms with Crippen LogP contribution in [0.4, 0.5) is 5.69 Å². The Hall–Kier alpha value is -2.58. The fourth-order valence-electron chi connectivity index (χ4n) is 4.31. The highest BCUT2D eigenvalue weighted by molar-refractivity contribution is 7.92. The van der Waals surface area contributed by atoms with Gasteiger partial charge in [-0.1, -0.05) is 50.1 Å². The molecular weight excluding hydrogens is 510 g/mol. The third-order valence-electron chi connectivity index (χ3n) is 6.13. The van der Waals surface area contributed by atoms with E-state index in [-0.39, 0.29) is 31.3 Å². The van der Waals surface area contributed by atoms with Crippen LogP contribution in [0.3, 0.4) is 0 Å². The van der Waals surface area contributed by atoms with E-state index in [2.05, 4.69) is 12.2 Å². The number of unbranched alkanes of at least 4 members (excludes halogenated alkanes) is 1. The summed E-state index contributed by atoms with van der Waals surface area (Å²) < 4.78 is 26.5. The molecule has 2 amide bonds. The van der Waals surface area contributed by atoms with Gasteiger partial charge in [0.2, 0.25) is 21.8 Å². The molecule has 0 saturated carbocycles. The molecule has 0 radical (unpaired) electrons. The van der Waals surface area contributed by atoms with Crippen LogP contribution >= 0.6 is 11.6 Å². The van der Waals surface area contributed by atoms with E-state index in [9.17, 15) is 18.0 Å². The van der Waals surface area contributed by atoms with Crippen LogP contribution in [0.15, 0.2) is 42.5 Å². The highest BCUT2D eigenvalue weighted by atomic mass is 35.5. The number of rotatable bonds is 14. The van der Waals surface area contributed by atoms with E-state index < -0.39 is 16.1 Å². The van der Waals surface area contributed by atoms with Crippen molar-refractivity contribution in [1.29, 1.82) is 0 Å². The predicted octanol–water partition coefficient (Wildman–Crippen LogP) is 5.23. The third kappa shape index (κ3) is 9.67. The van der Waals surface area contributed by atoms with Crippen LogP contribution in [0.1, 0.15) is 62.6 Å². The summed E-state index contributed by atoms with van der Waals surface area (Å²) in [5.41, 5.74) is 3.39. The number of amides is 2. The molecule has 2 rings (SSSR count). The molecule has 0 heterocycles. The summed E-state index contributed by atoms with van der Waals surface area (Å²) in [5.74, 6) is -0.368. The molecular formula is C28H40ClN3O4S. The van der Waals surface area contributed by atoms with E-state index in [1.165, 1.54) is 10.6 Å². The maximum absolute atomic E-state index is 13.5. The van der Waals surface area contributed by atoms with Gasteiger partial charge >= 0.3 is 0 Å². The summed E-state index contributed by atoms with van der Waals surface area (Å²) in [6.45, 7) is 8.78. The first-order chi connectivity index (χ1) is 17.5. The minimum Gasteiger partial charge on any atom is -0.354 e. The van der Waals surface area contributed by atoms with Gasteiger partial charge in [0.15, 0.2) is 0 Å². The number of nitrogens with one attached hydrogen (secondary N) is 1. The number of sulfonamides is 1. The summed E-state index contributed by atoms with van der Waals surface area (Å²) in [4.78, 5) is 28.1. The summed E-state index contributed by atoms with van der Waals surface area (Å²) in [6.07, 6.45) is 3.91. The van der Waals surface area contributed by atoms with Crippen LogP contribution < -0.4 is 9.62 Å². The minimum atomic E-state index is -3.54. The molecule has 0 aliphatic carbocycles. The second-order valence-corrected chi connectivity index (χ2v) is 11.8. The van der Waals surface area contributed by atoms with Gasteiger partial charge in [-0.2, -0.15) is 0 Å². The number of carbonyl (C=O) groups is 2. The van der Waals surface area contributed by atoms with Crippen molar-refractivity contribution in [2.75, 3.05) is 23.7 Å². The molecule has 0 aliphatic heterocycles. The number of hydrogen-bond donors (Lipinski definition) is 1. The van der Waals surface area contributed by atoms with E-state index in [0.717, 1.165) is 29.5 Å². The Morgan fingerprint density at radius 1 is 1.00 bits per heavy atom. The fourth-order valence-corrected chi connectivity index (χ4v) is 5.39. The van der Waals surface area contributed by atoms with Crippen molar-refractivity contribution in [1.82, 2.24) is 10.2 Å². The lowest BCUT2D eigenvalue weighted by molar-refractivity contribution is -0.141. The van der Waals surface area contributed by atoms with Gasteiger partial charge in [-0.3, -0.25) is 13.9 Å². The lowest BCUT2D eigenvalue weighted by Crippen LogP contribution is -2.49. The average molecular weight is 550 g/mol. The van der Waals surface area contributed by atoms with Crippen LogP contribution in [0, 0.1) is 13.8 Å². The Balaban J connectivity index is 2.21. The zero-order chi connectivity index (χ0) is 27.6. The normalized spacial score (nSPS) is 12.2. The lowest BCUT2D eigenvalue weighted by atomic mass is 10.1. The molecule has 9 heteroatoms. The SMILES string of the molecule is CCCCNC(=O)C(CC)N(Cc1ccc(Cl)cc1)C(=O)CCCN(c1cc(C)cc(C)c1)S(C)(=O)=O.